The normalized spacial score (nSPS) is 11.9. The lowest BCUT2D eigenvalue weighted by Gasteiger charge is -2.17. The zero-order valence-corrected chi connectivity index (χ0v) is 12.3. The predicted octanol–water partition coefficient (Wildman–Crippen LogP) is 4.83. The molecule has 0 heterocycles. The van der Waals surface area contributed by atoms with Crippen LogP contribution in [0.2, 0.25) is 0 Å². The van der Waals surface area contributed by atoms with Crippen LogP contribution in [0.4, 0.5) is 0 Å². The molecule has 1 unspecified atom stereocenters. The number of hydrogen-bond donors (Lipinski definition) is 1. The van der Waals surface area contributed by atoms with E-state index in [2.05, 4.69) is 6.58 Å². The highest BCUT2D eigenvalue weighted by Crippen LogP contribution is 2.31. The van der Waals surface area contributed by atoms with E-state index in [4.69, 9.17) is 0 Å². The van der Waals surface area contributed by atoms with Crippen molar-refractivity contribution >= 4 is 5.57 Å². The van der Waals surface area contributed by atoms with Crippen LogP contribution in [-0.4, -0.2) is 5.11 Å². The monoisotopic (exact) mass is 286 g/mol. The first kappa shape index (κ1) is 14.3. The van der Waals surface area contributed by atoms with Crippen molar-refractivity contribution in [3.63, 3.8) is 0 Å². The third-order valence-electron chi connectivity index (χ3n) is 3.82. The number of benzene rings is 3. The van der Waals surface area contributed by atoms with Crippen LogP contribution in [-0.2, 0) is 0 Å². The molecule has 0 aliphatic carbocycles. The molecule has 3 aromatic carbocycles. The van der Waals surface area contributed by atoms with E-state index in [0.717, 1.165) is 27.8 Å². The minimum atomic E-state index is -0.655. The van der Waals surface area contributed by atoms with E-state index in [1.807, 2.05) is 84.9 Å². The van der Waals surface area contributed by atoms with E-state index in [1.54, 1.807) is 0 Å². The number of aliphatic hydroxyl groups excluding tert-OH is 1. The summed E-state index contributed by atoms with van der Waals surface area (Å²) in [5.74, 6) is 0. The predicted molar refractivity (Wildman–Crippen MR) is 91.5 cm³/mol. The van der Waals surface area contributed by atoms with Crippen molar-refractivity contribution in [3.05, 3.63) is 114 Å². The standard InChI is InChI=1S/C21H18O/c1-16(17-10-4-2-5-11-17)19-14-8-9-15-20(19)21(22)18-12-6-3-7-13-18/h2-15,21-22H,1H2. The molecule has 0 amide bonds. The maximum atomic E-state index is 10.7. The molecule has 0 fully saturated rings. The molecule has 0 saturated heterocycles. The van der Waals surface area contributed by atoms with Crippen molar-refractivity contribution in [1.29, 1.82) is 0 Å². The van der Waals surface area contributed by atoms with Crippen LogP contribution < -0.4 is 0 Å². The fourth-order valence-corrected chi connectivity index (χ4v) is 2.62. The second kappa shape index (κ2) is 6.42. The maximum absolute atomic E-state index is 10.7. The zero-order valence-electron chi connectivity index (χ0n) is 12.3. The minimum absolute atomic E-state index is 0.655. The molecule has 0 radical (unpaired) electrons. The molecule has 0 saturated carbocycles. The van der Waals surface area contributed by atoms with Gasteiger partial charge in [0.2, 0.25) is 0 Å². The summed E-state index contributed by atoms with van der Waals surface area (Å²) in [6.07, 6.45) is -0.655. The van der Waals surface area contributed by atoms with Crippen LogP contribution in [0.1, 0.15) is 28.4 Å². The van der Waals surface area contributed by atoms with Crippen LogP contribution >= 0.6 is 0 Å². The van der Waals surface area contributed by atoms with E-state index in [-0.39, 0.29) is 0 Å². The van der Waals surface area contributed by atoms with Gasteiger partial charge in [-0.2, -0.15) is 0 Å². The molecule has 108 valence electrons. The highest BCUT2D eigenvalue weighted by molar-refractivity contribution is 5.80. The van der Waals surface area contributed by atoms with E-state index >= 15 is 0 Å². The second-order valence-corrected chi connectivity index (χ2v) is 5.25. The van der Waals surface area contributed by atoms with Gasteiger partial charge in [0.25, 0.3) is 0 Å². The Morgan fingerprint density at radius 3 is 1.95 bits per heavy atom. The molecule has 0 aliphatic heterocycles. The first-order chi connectivity index (χ1) is 10.8. The Morgan fingerprint density at radius 2 is 1.27 bits per heavy atom. The summed E-state index contributed by atoms with van der Waals surface area (Å²) in [5, 5.41) is 10.7. The van der Waals surface area contributed by atoms with Crippen molar-refractivity contribution in [3.8, 4) is 0 Å². The molecule has 1 atom stereocenters. The molecule has 1 heteroatoms. The van der Waals surface area contributed by atoms with Gasteiger partial charge in [-0.05, 0) is 27.8 Å². The summed E-state index contributed by atoms with van der Waals surface area (Å²) >= 11 is 0. The topological polar surface area (TPSA) is 20.2 Å². The van der Waals surface area contributed by atoms with Crippen LogP contribution in [0.15, 0.2) is 91.5 Å². The van der Waals surface area contributed by atoms with E-state index in [1.165, 1.54) is 0 Å². The summed E-state index contributed by atoms with van der Waals surface area (Å²) in [7, 11) is 0. The Labute approximate surface area is 131 Å². The zero-order chi connectivity index (χ0) is 15.4. The number of hydrogen-bond acceptors (Lipinski definition) is 1. The van der Waals surface area contributed by atoms with Gasteiger partial charge < -0.3 is 5.11 Å². The molecule has 22 heavy (non-hydrogen) atoms. The van der Waals surface area contributed by atoms with Gasteiger partial charge >= 0.3 is 0 Å². The first-order valence-corrected chi connectivity index (χ1v) is 7.34. The summed E-state index contributed by atoms with van der Waals surface area (Å²) in [5.41, 5.74) is 4.73. The van der Waals surface area contributed by atoms with Gasteiger partial charge in [-0.15, -0.1) is 0 Å². The highest BCUT2D eigenvalue weighted by atomic mass is 16.3. The minimum Gasteiger partial charge on any atom is -0.384 e. The summed E-state index contributed by atoms with van der Waals surface area (Å²) in [6, 6.07) is 27.6. The quantitative estimate of drug-likeness (QED) is 0.728. The van der Waals surface area contributed by atoms with Crippen molar-refractivity contribution in [2.24, 2.45) is 0 Å². The van der Waals surface area contributed by atoms with E-state index in [0.29, 0.717) is 0 Å². The van der Waals surface area contributed by atoms with Crippen molar-refractivity contribution < 1.29 is 5.11 Å². The van der Waals surface area contributed by atoms with Gasteiger partial charge in [-0.3, -0.25) is 0 Å². The fraction of sp³-hybridized carbons (Fsp3) is 0.0476. The summed E-state index contributed by atoms with van der Waals surface area (Å²) in [4.78, 5) is 0. The molecule has 0 aromatic heterocycles. The molecule has 0 aliphatic rings. The average molecular weight is 286 g/mol. The SMILES string of the molecule is C=C(c1ccccc1)c1ccccc1C(O)c1ccccc1. The molecular formula is C21H18O. The third kappa shape index (κ3) is 2.85. The Balaban J connectivity index is 2.02. The fourth-order valence-electron chi connectivity index (χ4n) is 2.62. The largest absolute Gasteiger partial charge is 0.384 e. The van der Waals surface area contributed by atoms with Gasteiger partial charge in [0.1, 0.15) is 6.10 Å². The molecular weight excluding hydrogens is 268 g/mol. The van der Waals surface area contributed by atoms with Crippen LogP contribution in [0.3, 0.4) is 0 Å². The Morgan fingerprint density at radius 1 is 0.727 bits per heavy atom. The molecule has 1 nitrogen and oxygen atoms in total. The van der Waals surface area contributed by atoms with E-state index < -0.39 is 6.10 Å². The van der Waals surface area contributed by atoms with Crippen LogP contribution in [0.25, 0.3) is 5.57 Å². The van der Waals surface area contributed by atoms with Gasteiger partial charge in [0, 0.05) is 0 Å². The average Bonchev–Trinajstić information content (AvgIpc) is 2.62. The molecule has 1 N–H and O–H groups in total. The number of rotatable bonds is 4. The van der Waals surface area contributed by atoms with Crippen molar-refractivity contribution in [2.45, 2.75) is 6.10 Å². The maximum Gasteiger partial charge on any atom is 0.105 e. The Bertz CT molecular complexity index is 760. The van der Waals surface area contributed by atoms with Crippen molar-refractivity contribution in [2.75, 3.05) is 0 Å². The second-order valence-electron chi connectivity index (χ2n) is 5.25. The van der Waals surface area contributed by atoms with Gasteiger partial charge in [0.05, 0.1) is 0 Å². The van der Waals surface area contributed by atoms with Crippen LogP contribution in [0, 0.1) is 0 Å². The highest BCUT2D eigenvalue weighted by Gasteiger charge is 2.16. The lowest BCUT2D eigenvalue weighted by atomic mass is 9.90. The summed E-state index contributed by atoms with van der Waals surface area (Å²) in [6.45, 7) is 4.22. The smallest absolute Gasteiger partial charge is 0.105 e. The number of aliphatic hydroxyl groups is 1. The van der Waals surface area contributed by atoms with Gasteiger partial charge in [-0.25, -0.2) is 0 Å². The molecule has 3 aromatic rings. The first-order valence-electron chi connectivity index (χ1n) is 7.34. The van der Waals surface area contributed by atoms with Crippen molar-refractivity contribution in [1.82, 2.24) is 0 Å². The molecule has 0 spiro atoms. The lowest BCUT2D eigenvalue weighted by molar-refractivity contribution is 0.220. The molecule has 0 bridgehead atoms. The Kier molecular flexibility index (Phi) is 4.17. The van der Waals surface area contributed by atoms with E-state index in [9.17, 15) is 5.11 Å². The summed E-state index contributed by atoms with van der Waals surface area (Å²) < 4.78 is 0. The van der Waals surface area contributed by atoms with Gasteiger partial charge in [-0.1, -0.05) is 91.5 Å². The Hall–Kier alpha value is -2.64. The lowest BCUT2D eigenvalue weighted by Crippen LogP contribution is -2.03. The molecule has 3 rings (SSSR count). The third-order valence-corrected chi connectivity index (χ3v) is 3.82. The van der Waals surface area contributed by atoms with Crippen LogP contribution in [0.5, 0.6) is 0 Å². The van der Waals surface area contributed by atoms with Gasteiger partial charge in [0.15, 0.2) is 0 Å².